The van der Waals surface area contributed by atoms with Gasteiger partial charge in [0.25, 0.3) is 0 Å². The van der Waals surface area contributed by atoms with Gasteiger partial charge in [-0.05, 0) is 47.7 Å². The second-order valence-electron chi connectivity index (χ2n) is 5.51. The van der Waals surface area contributed by atoms with Crippen LogP contribution in [0.2, 0.25) is 0 Å². The smallest absolute Gasteiger partial charge is 0.243 e. The fourth-order valence-corrected chi connectivity index (χ4v) is 2.11. The maximum absolute atomic E-state index is 5.73. The molecule has 0 unspecified atom stereocenters. The average molecular weight is 372 g/mol. The number of nitrogens with zero attached hydrogens (tertiary/aromatic N) is 3. The molecule has 1 rings (SSSR count). The first-order chi connectivity index (χ1) is 10.5. The Hall–Kier alpha value is -1.30. The zero-order chi connectivity index (χ0) is 16.5. The van der Waals surface area contributed by atoms with Gasteiger partial charge >= 0.3 is 0 Å². The van der Waals surface area contributed by atoms with E-state index < -0.39 is 0 Å². The quantitative estimate of drug-likeness (QED) is 0.369. The summed E-state index contributed by atoms with van der Waals surface area (Å²) in [5.74, 6) is 1.69. The molecule has 1 aromatic heterocycles. The molecule has 0 bridgehead atoms. The van der Waals surface area contributed by atoms with E-state index in [9.17, 15) is 0 Å². The summed E-state index contributed by atoms with van der Waals surface area (Å²) in [6.07, 6.45) is 3.91. The Morgan fingerprint density at radius 3 is 2.73 bits per heavy atom. The number of aromatic nitrogens is 1. The highest BCUT2D eigenvalue weighted by Gasteiger charge is 2.11. The Labute approximate surface area is 141 Å². The molecule has 1 aromatic rings. The predicted octanol–water partition coefficient (Wildman–Crippen LogP) is 4.28. The molecule has 6 heteroatoms. The number of methoxy groups -OCH3 is 1. The minimum Gasteiger partial charge on any atom is -0.479 e. The molecular formula is C16H26BrN3O2. The summed E-state index contributed by atoms with van der Waals surface area (Å²) in [5, 5.41) is 0. The van der Waals surface area contributed by atoms with Crippen molar-refractivity contribution >= 4 is 28.0 Å². The van der Waals surface area contributed by atoms with Crippen LogP contribution in [-0.2, 0) is 0 Å². The predicted molar refractivity (Wildman–Crippen MR) is 94.5 cm³/mol. The zero-order valence-corrected chi connectivity index (χ0v) is 15.7. The lowest BCUT2D eigenvalue weighted by atomic mass is 10.1. The van der Waals surface area contributed by atoms with Crippen LogP contribution in [0.1, 0.15) is 33.6 Å². The molecule has 0 aliphatic carbocycles. The molecule has 0 spiro atoms. The molecule has 0 amide bonds. The fraction of sp³-hybridized carbons (Fsp3) is 0.625. The van der Waals surface area contributed by atoms with E-state index in [4.69, 9.17) is 9.47 Å². The largest absolute Gasteiger partial charge is 0.479 e. The van der Waals surface area contributed by atoms with Crippen LogP contribution >= 0.6 is 15.9 Å². The number of pyridine rings is 1. The molecule has 5 nitrogen and oxygen atoms in total. The Bertz CT molecular complexity index is 493. The molecule has 0 aliphatic heterocycles. The third kappa shape index (κ3) is 6.22. The number of halogens is 1. The maximum Gasteiger partial charge on any atom is 0.243 e. The Balaban J connectivity index is 2.79. The first-order valence-electron chi connectivity index (χ1n) is 7.59. The average Bonchev–Trinajstić information content (AvgIpc) is 2.50. The lowest BCUT2D eigenvalue weighted by molar-refractivity contribution is 0.280. The number of hydrogen-bond donors (Lipinski definition) is 0. The minimum atomic E-state index is 0.461. The molecule has 0 aromatic carbocycles. The van der Waals surface area contributed by atoms with Gasteiger partial charge in [0.15, 0.2) is 0 Å². The third-order valence-electron chi connectivity index (χ3n) is 3.14. The van der Waals surface area contributed by atoms with Gasteiger partial charge in [-0.3, -0.25) is 0 Å². The summed E-state index contributed by atoms with van der Waals surface area (Å²) in [6, 6.07) is 1.86. The van der Waals surface area contributed by atoms with Crippen LogP contribution in [0.4, 0.5) is 5.69 Å². The monoisotopic (exact) mass is 371 g/mol. The number of rotatable bonds is 9. The van der Waals surface area contributed by atoms with E-state index in [0.29, 0.717) is 30.0 Å². The normalized spacial score (nSPS) is 11.2. The molecular weight excluding hydrogens is 346 g/mol. The van der Waals surface area contributed by atoms with Crippen LogP contribution in [0.3, 0.4) is 0 Å². The van der Waals surface area contributed by atoms with Gasteiger partial charge in [-0.15, -0.1) is 0 Å². The van der Waals surface area contributed by atoms with E-state index in [1.54, 1.807) is 13.4 Å². The first kappa shape index (κ1) is 18.7. The molecule has 0 saturated carbocycles. The van der Waals surface area contributed by atoms with E-state index in [2.05, 4.69) is 46.7 Å². The van der Waals surface area contributed by atoms with E-state index >= 15 is 0 Å². The van der Waals surface area contributed by atoms with Crippen LogP contribution in [-0.4, -0.2) is 43.5 Å². The third-order valence-corrected chi connectivity index (χ3v) is 3.71. The van der Waals surface area contributed by atoms with Crippen molar-refractivity contribution in [2.75, 3.05) is 27.3 Å². The van der Waals surface area contributed by atoms with Crippen LogP contribution in [0.5, 0.6) is 11.8 Å². The number of ether oxygens (including phenoxy) is 2. The Morgan fingerprint density at radius 1 is 1.41 bits per heavy atom. The SMILES string of the molecule is CCN(C)C=Nc1cc(Br)c(OCCCC(C)C)nc1OC. The lowest BCUT2D eigenvalue weighted by Gasteiger charge is -2.12. The molecule has 0 saturated heterocycles. The van der Waals surface area contributed by atoms with Crippen LogP contribution in [0.15, 0.2) is 15.5 Å². The van der Waals surface area contributed by atoms with Crippen LogP contribution in [0.25, 0.3) is 0 Å². The highest BCUT2D eigenvalue weighted by molar-refractivity contribution is 9.10. The Kier molecular flexibility index (Phi) is 8.24. The lowest BCUT2D eigenvalue weighted by Crippen LogP contribution is -2.14. The van der Waals surface area contributed by atoms with Crippen molar-refractivity contribution in [3.63, 3.8) is 0 Å². The van der Waals surface area contributed by atoms with E-state index in [-0.39, 0.29) is 0 Å². The van der Waals surface area contributed by atoms with Crippen molar-refractivity contribution < 1.29 is 9.47 Å². The zero-order valence-electron chi connectivity index (χ0n) is 14.1. The van der Waals surface area contributed by atoms with Gasteiger partial charge in [0.1, 0.15) is 5.69 Å². The van der Waals surface area contributed by atoms with Gasteiger partial charge in [0.05, 0.1) is 24.5 Å². The Morgan fingerprint density at radius 2 is 2.14 bits per heavy atom. The first-order valence-corrected chi connectivity index (χ1v) is 8.39. The van der Waals surface area contributed by atoms with Crippen molar-refractivity contribution in [2.24, 2.45) is 10.9 Å². The summed E-state index contributed by atoms with van der Waals surface area (Å²) in [6.45, 7) is 8.01. The molecule has 124 valence electrons. The van der Waals surface area contributed by atoms with Gasteiger partial charge in [0.2, 0.25) is 11.8 Å². The summed E-state index contributed by atoms with van der Waals surface area (Å²) < 4.78 is 11.8. The van der Waals surface area contributed by atoms with E-state index in [1.165, 1.54) is 0 Å². The number of aliphatic imine (C=N–C) groups is 1. The molecule has 0 radical (unpaired) electrons. The standard InChI is InChI=1S/C16H26BrN3O2/c1-6-20(4)11-18-14-10-13(17)15(19-16(14)21-5)22-9-7-8-12(2)3/h10-12H,6-9H2,1-5H3. The van der Waals surface area contributed by atoms with Crippen molar-refractivity contribution in [1.82, 2.24) is 9.88 Å². The maximum atomic E-state index is 5.73. The van der Waals surface area contributed by atoms with Crippen molar-refractivity contribution in [3.8, 4) is 11.8 Å². The van der Waals surface area contributed by atoms with Gasteiger partial charge in [-0.1, -0.05) is 13.8 Å². The fourth-order valence-electron chi connectivity index (χ4n) is 1.69. The van der Waals surface area contributed by atoms with Gasteiger partial charge in [-0.25, -0.2) is 4.99 Å². The second kappa shape index (κ2) is 9.66. The summed E-state index contributed by atoms with van der Waals surface area (Å²) in [7, 11) is 3.55. The number of hydrogen-bond acceptors (Lipinski definition) is 4. The van der Waals surface area contributed by atoms with Gasteiger partial charge < -0.3 is 14.4 Å². The molecule has 22 heavy (non-hydrogen) atoms. The summed E-state index contributed by atoms with van der Waals surface area (Å²) >= 11 is 3.49. The molecule has 0 N–H and O–H groups in total. The summed E-state index contributed by atoms with van der Waals surface area (Å²) in [4.78, 5) is 10.8. The second-order valence-corrected chi connectivity index (χ2v) is 6.36. The highest BCUT2D eigenvalue weighted by Crippen LogP contribution is 2.34. The van der Waals surface area contributed by atoms with Crippen molar-refractivity contribution in [2.45, 2.75) is 33.6 Å². The molecule has 0 fully saturated rings. The van der Waals surface area contributed by atoms with E-state index in [1.807, 2.05) is 18.0 Å². The van der Waals surface area contributed by atoms with Crippen molar-refractivity contribution in [1.29, 1.82) is 0 Å². The van der Waals surface area contributed by atoms with Gasteiger partial charge in [0, 0.05) is 13.6 Å². The highest BCUT2D eigenvalue weighted by atomic mass is 79.9. The van der Waals surface area contributed by atoms with Crippen LogP contribution < -0.4 is 9.47 Å². The van der Waals surface area contributed by atoms with Crippen molar-refractivity contribution in [3.05, 3.63) is 10.5 Å². The molecule has 1 heterocycles. The topological polar surface area (TPSA) is 47.0 Å². The molecule has 0 atom stereocenters. The molecule has 0 aliphatic rings. The van der Waals surface area contributed by atoms with Gasteiger partial charge in [-0.2, -0.15) is 4.98 Å². The minimum absolute atomic E-state index is 0.461. The van der Waals surface area contributed by atoms with Crippen LogP contribution in [0, 0.1) is 5.92 Å². The van der Waals surface area contributed by atoms with E-state index in [0.717, 1.165) is 23.9 Å². The summed E-state index contributed by atoms with van der Waals surface area (Å²) in [5.41, 5.74) is 0.671.